The minimum Gasteiger partial charge on any atom is -0.339 e. The summed E-state index contributed by atoms with van der Waals surface area (Å²) in [6, 6.07) is 12.3. The van der Waals surface area contributed by atoms with Crippen LogP contribution in [-0.4, -0.2) is 47.0 Å². The van der Waals surface area contributed by atoms with Gasteiger partial charge in [-0.15, -0.1) is 0 Å². The number of benzene rings is 1. The molecule has 0 saturated carbocycles. The zero-order valence-corrected chi connectivity index (χ0v) is 16.0. The van der Waals surface area contributed by atoms with Crippen LogP contribution in [0.2, 0.25) is 0 Å². The van der Waals surface area contributed by atoms with Crippen molar-refractivity contribution in [2.24, 2.45) is 0 Å². The average Bonchev–Trinajstić information content (AvgIpc) is 2.72. The lowest BCUT2D eigenvalue weighted by molar-refractivity contribution is -0.131. The van der Waals surface area contributed by atoms with Crippen LogP contribution in [0.4, 0.5) is 5.95 Å². The van der Waals surface area contributed by atoms with Gasteiger partial charge in [-0.05, 0) is 37.0 Å². The Labute approximate surface area is 160 Å². The van der Waals surface area contributed by atoms with Gasteiger partial charge >= 0.3 is 0 Å². The van der Waals surface area contributed by atoms with Crippen molar-refractivity contribution in [3.8, 4) is 6.07 Å². The predicted octanol–water partition coefficient (Wildman–Crippen LogP) is 2.50. The zero-order chi connectivity index (χ0) is 19.2. The van der Waals surface area contributed by atoms with Crippen LogP contribution in [0.15, 0.2) is 30.3 Å². The van der Waals surface area contributed by atoms with Gasteiger partial charge in [-0.3, -0.25) is 4.79 Å². The van der Waals surface area contributed by atoms with Crippen molar-refractivity contribution in [1.29, 1.82) is 5.26 Å². The normalized spacial score (nSPS) is 14.1. The molecule has 2 aromatic rings. The molecule has 1 aliphatic heterocycles. The molecule has 27 heavy (non-hydrogen) atoms. The summed E-state index contributed by atoms with van der Waals surface area (Å²) >= 11 is 0. The van der Waals surface area contributed by atoms with Crippen LogP contribution in [0.1, 0.15) is 35.9 Å². The van der Waals surface area contributed by atoms with Gasteiger partial charge in [0.1, 0.15) is 11.8 Å². The molecule has 3 rings (SSSR count). The van der Waals surface area contributed by atoms with Crippen LogP contribution in [0.5, 0.6) is 0 Å². The summed E-state index contributed by atoms with van der Waals surface area (Å²) in [5, 5.41) is 9.07. The summed E-state index contributed by atoms with van der Waals surface area (Å²) in [5.41, 5.74) is 3.68. The number of nitriles is 1. The van der Waals surface area contributed by atoms with Crippen molar-refractivity contribution < 1.29 is 4.79 Å². The van der Waals surface area contributed by atoms with E-state index in [2.05, 4.69) is 47.2 Å². The first-order chi connectivity index (χ1) is 13.1. The van der Waals surface area contributed by atoms with Crippen LogP contribution < -0.4 is 4.90 Å². The van der Waals surface area contributed by atoms with Gasteiger partial charge in [0, 0.05) is 38.3 Å². The zero-order valence-electron chi connectivity index (χ0n) is 16.0. The molecule has 6 nitrogen and oxygen atoms in total. The molecular weight excluding hydrogens is 338 g/mol. The van der Waals surface area contributed by atoms with Gasteiger partial charge in [0.25, 0.3) is 0 Å². The Morgan fingerprint density at radius 1 is 1.11 bits per heavy atom. The molecule has 1 saturated heterocycles. The number of carbonyl (C=O) groups is 1. The third kappa shape index (κ3) is 4.82. The Morgan fingerprint density at radius 2 is 1.78 bits per heavy atom. The first-order valence-electron chi connectivity index (χ1n) is 9.45. The number of hydrogen-bond acceptors (Lipinski definition) is 5. The van der Waals surface area contributed by atoms with E-state index in [1.165, 1.54) is 11.1 Å². The SMILES string of the molecule is CCc1ccc(CCC(=O)N2CCN(c3nc(C)cc(C#N)n3)CC2)cc1. The third-order valence-electron chi connectivity index (χ3n) is 4.93. The van der Waals surface area contributed by atoms with Crippen molar-refractivity contribution in [2.45, 2.75) is 33.1 Å². The molecule has 140 valence electrons. The summed E-state index contributed by atoms with van der Waals surface area (Å²) in [5.74, 6) is 0.770. The highest BCUT2D eigenvalue weighted by Crippen LogP contribution is 2.14. The topological polar surface area (TPSA) is 73.1 Å². The van der Waals surface area contributed by atoms with E-state index < -0.39 is 0 Å². The molecule has 6 heteroatoms. The molecule has 0 N–H and O–H groups in total. The van der Waals surface area contributed by atoms with Crippen LogP contribution >= 0.6 is 0 Å². The van der Waals surface area contributed by atoms with Gasteiger partial charge in [-0.1, -0.05) is 31.2 Å². The molecule has 0 spiro atoms. The number of aromatic nitrogens is 2. The van der Waals surface area contributed by atoms with E-state index in [4.69, 9.17) is 5.26 Å². The second-order valence-electron chi connectivity index (χ2n) is 6.84. The number of aryl methyl sites for hydroxylation is 3. The highest BCUT2D eigenvalue weighted by molar-refractivity contribution is 5.76. The fraction of sp³-hybridized carbons (Fsp3) is 0.429. The minimum atomic E-state index is 0.192. The van der Waals surface area contributed by atoms with Crippen molar-refractivity contribution in [3.63, 3.8) is 0 Å². The minimum absolute atomic E-state index is 0.192. The molecule has 1 aliphatic rings. The maximum atomic E-state index is 12.5. The second kappa shape index (κ2) is 8.63. The van der Waals surface area contributed by atoms with E-state index in [1.807, 2.05) is 16.7 Å². The fourth-order valence-electron chi connectivity index (χ4n) is 3.26. The van der Waals surface area contributed by atoms with Crippen LogP contribution in [0.25, 0.3) is 0 Å². The molecule has 0 aliphatic carbocycles. The average molecular weight is 363 g/mol. The molecule has 0 unspecified atom stereocenters. The summed E-state index contributed by atoms with van der Waals surface area (Å²) in [6.45, 7) is 6.69. The smallest absolute Gasteiger partial charge is 0.226 e. The van der Waals surface area contributed by atoms with E-state index in [1.54, 1.807) is 6.07 Å². The molecule has 0 bridgehead atoms. The lowest BCUT2D eigenvalue weighted by Gasteiger charge is -2.35. The number of amides is 1. The summed E-state index contributed by atoms with van der Waals surface area (Å²) < 4.78 is 0. The summed E-state index contributed by atoms with van der Waals surface area (Å²) in [4.78, 5) is 25.2. The van der Waals surface area contributed by atoms with E-state index in [0.717, 1.165) is 18.5 Å². The number of carbonyl (C=O) groups excluding carboxylic acids is 1. The van der Waals surface area contributed by atoms with Crippen molar-refractivity contribution in [1.82, 2.24) is 14.9 Å². The standard InChI is InChI=1S/C21H25N5O/c1-3-17-4-6-18(7-5-17)8-9-20(27)25-10-12-26(13-11-25)21-23-16(2)14-19(15-22)24-21/h4-7,14H,3,8-13H2,1-2H3. The largest absolute Gasteiger partial charge is 0.339 e. The van der Waals surface area contributed by atoms with Gasteiger partial charge in [0.15, 0.2) is 0 Å². The molecule has 1 amide bonds. The maximum absolute atomic E-state index is 12.5. The number of rotatable bonds is 5. The van der Waals surface area contributed by atoms with E-state index in [0.29, 0.717) is 44.2 Å². The lowest BCUT2D eigenvalue weighted by atomic mass is 10.1. The first kappa shape index (κ1) is 18.8. The van der Waals surface area contributed by atoms with Gasteiger partial charge < -0.3 is 9.80 Å². The Hall–Kier alpha value is -2.94. The molecule has 1 fully saturated rings. The summed E-state index contributed by atoms with van der Waals surface area (Å²) in [6.07, 6.45) is 2.34. The molecule has 0 atom stereocenters. The number of piperazine rings is 1. The van der Waals surface area contributed by atoms with Gasteiger partial charge in [-0.2, -0.15) is 5.26 Å². The van der Waals surface area contributed by atoms with Crippen LogP contribution in [0, 0.1) is 18.3 Å². The van der Waals surface area contributed by atoms with Crippen LogP contribution in [-0.2, 0) is 17.6 Å². The lowest BCUT2D eigenvalue weighted by Crippen LogP contribution is -2.49. The predicted molar refractivity (Wildman–Crippen MR) is 104 cm³/mol. The Morgan fingerprint density at radius 3 is 2.41 bits per heavy atom. The van der Waals surface area contributed by atoms with Gasteiger partial charge in [-0.25, -0.2) is 9.97 Å². The summed E-state index contributed by atoms with van der Waals surface area (Å²) in [7, 11) is 0. The third-order valence-corrected chi connectivity index (χ3v) is 4.93. The van der Waals surface area contributed by atoms with Crippen molar-refractivity contribution >= 4 is 11.9 Å². The van der Waals surface area contributed by atoms with Crippen molar-refractivity contribution in [3.05, 3.63) is 52.8 Å². The Kier molecular flexibility index (Phi) is 6.02. The quantitative estimate of drug-likeness (QED) is 0.816. The number of hydrogen-bond donors (Lipinski definition) is 0. The maximum Gasteiger partial charge on any atom is 0.226 e. The molecule has 1 aromatic carbocycles. The fourth-order valence-corrected chi connectivity index (χ4v) is 3.26. The monoisotopic (exact) mass is 363 g/mol. The molecular formula is C21H25N5O. The van der Waals surface area contributed by atoms with E-state index in [-0.39, 0.29) is 5.91 Å². The Balaban J connectivity index is 1.51. The molecule has 2 heterocycles. The highest BCUT2D eigenvalue weighted by atomic mass is 16.2. The molecule has 0 radical (unpaired) electrons. The number of anilines is 1. The second-order valence-corrected chi connectivity index (χ2v) is 6.84. The molecule has 1 aromatic heterocycles. The first-order valence-corrected chi connectivity index (χ1v) is 9.45. The van der Waals surface area contributed by atoms with Gasteiger partial charge in [0.05, 0.1) is 0 Å². The Bertz CT molecular complexity index is 833. The van der Waals surface area contributed by atoms with Gasteiger partial charge in [0.2, 0.25) is 11.9 Å². The van der Waals surface area contributed by atoms with E-state index in [9.17, 15) is 4.79 Å². The highest BCUT2D eigenvalue weighted by Gasteiger charge is 2.22. The van der Waals surface area contributed by atoms with Crippen LogP contribution in [0.3, 0.4) is 0 Å². The number of nitrogens with zero attached hydrogens (tertiary/aromatic N) is 5. The van der Waals surface area contributed by atoms with Crippen molar-refractivity contribution in [2.75, 3.05) is 31.1 Å². The van der Waals surface area contributed by atoms with E-state index >= 15 is 0 Å².